The number of hydrogen-bond acceptors (Lipinski definition) is 1. The summed E-state index contributed by atoms with van der Waals surface area (Å²) in [6, 6.07) is 5.93. The van der Waals surface area contributed by atoms with Gasteiger partial charge in [0.25, 0.3) is 0 Å². The van der Waals surface area contributed by atoms with Crippen molar-refractivity contribution in [2.75, 3.05) is 0 Å². The maximum absolute atomic E-state index is 3.79. The molecule has 0 radical (unpaired) electrons. The van der Waals surface area contributed by atoms with Crippen LogP contribution in [0.1, 0.15) is 61.4 Å². The molecule has 0 spiro atoms. The molecule has 1 aliphatic rings. The molecule has 0 saturated heterocycles. The molecular formula is C17H27N. The van der Waals surface area contributed by atoms with E-state index in [-0.39, 0.29) is 0 Å². The highest BCUT2D eigenvalue weighted by atomic mass is 15.0. The normalized spacial score (nSPS) is 24.1. The fraction of sp³-hybridized carbons (Fsp3) is 0.647. The molecule has 3 unspecified atom stereocenters. The number of nitrogens with one attached hydrogen (secondary N) is 1. The molecule has 1 aliphatic carbocycles. The third kappa shape index (κ3) is 2.95. The average molecular weight is 245 g/mol. The van der Waals surface area contributed by atoms with E-state index in [1.165, 1.54) is 41.5 Å². The van der Waals surface area contributed by atoms with Crippen LogP contribution < -0.4 is 5.32 Å². The predicted octanol–water partition coefficient (Wildman–Crippen LogP) is 4.45. The minimum Gasteiger partial charge on any atom is -0.307 e. The summed E-state index contributed by atoms with van der Waals surface area (Å²) in [6.45, 7) is 11.2. The Hall–Kier alpha value is -0.820. The van der Waals surface area contributed by atoms with Crippen LogP contribution in [0.15, 0.2) is 12.1 Å². The third-order valence-corrected chi connectivity index (χ3v) is 4.40. The van der Waals surface area contributed by atoms with Crippen LogP contribution in [0, 0.1) is 26.7 Å². The molecule has 1 N–H and O–H groups in total. The summed E-state index contributed by atoms with van der Waals surface area (Å²) in [5, 5.41) is 3.79. The lowest BCUT2D eigenvalue weighted by Crippen LogP contribution is -2.23. The fourth-order valence-electron chi connectivity index (χ4n) is 3.00. The summed E-state index contributed by atoms with van der Waals surface area (Å²) >= 11 is 0. The Morgan fingerprint density at radius 1 is 1.17 bits per heavy atom. The zero-order chi connectivity index (χ0) is 13.3. The van der Waals surface area contributed by atoms with Crippen molar-refractivity contribution in [3.8, 4) is 0 Å². The summed E-state index contributed by atoms with van der Waals surface area (Å²) in [5.41, 5.74) is 5.70. The number of hydrogen-bond donors (Lipinski definition) is 1. The maximum Gasteiger partial charge on any atom is 0.0297 e. The van der Waals surface area contributed by atoms with Crippen LogP contribution in [0.5, 0.6) is 0 Å². The van der Waals surface area contributed by atoms with E-state index in [2.05, 4.69) is 52.1 Å². The van der Waals surface area contributed by atoms with Crippen LogP contribution >= 0.6 is 0 Å². The maximum atomic E-state index is 3.79. The topological polar surface area (TPSA) is 12.0 Å². The largest absolute Gasteiger partial charge is 0.307 e. The Labute approximate surface area is 112 Å². The van der Waals surface area contributed by atoms with Crippen LogP contribution in [0.25, 0.3) is 0 Å². The summed E-state index contributed by atoms with van der Waals surface area (Å²) in [6.07, 6.45) is 4.08. The summed E-state index contributed by atoms with van der Waals surface area (Å²) in [7, 11) is 0. The Balaban J connectivity index is 2.01. The van der Waals surface area contributed by atoms with Crippen molar-refractivity contribution in [1.29, 1.82) is 0 Å². The lowest BCUT2D eigenvalue weighted by atomic mass is 9.96. The Morgan fingerprint density at radius 2 is 1.83 bits per heavy atom. The van der Waals surface area contributed by atoms with E-state index >= 15 is 0 Å². The highest BCUT2D eigenvalue weighted by molar-refractivity contribution is 5.38. The van der Waals surface area contributed by atoms with E-state index in [0.717, 1.165) is 12.0 Å². The van der Waals surface area contributed by atoms with Crippen LogP contribution in [0.3, 0.4) is 0 Å². The Kier molecular flexibility index (Phi) is 4.11. The van der Waals surface area contributed by atoms with E-state index in [4.69, 9.17) is 0 Å². The van der Waals surface area contributed by atoms with Crippen LogP contribution in [0.2, 0.25) is 0 Å². The molecule has 1 aromatic rings. The monoisotopic (exact) mass is 245 g/mol. The fourth-order valence-corrected chi connectivity index (χ4v) is 3.00. The molecule has 1 saturated carbocycles. The second kappa shape index (κ2) is 5.44. The van der Waals surface area contributed by atoms with Crippen molar-refractivity contribution in [1.82, 2.24) is 5.32 Å². The molecule has 0 aromatic heterocycles. The molecule has 100 valence electrons. The van der Waals surface area contributed by atoms with Gasteiger partial charge in [-0.1, -0.05) is 25.5 Å². The second-order valence-corrected chi connectivity index (χ2v) is 6.07. The SMILES string of the molecule is CCCC1CC1NC(C)c1cc(C)c(C)cc1C. The molecule has 0 bridgehead atoms. The van der Waals surface area contributed by atoms with Gasteiger partial charge in [0.1, 0.15) is 0 Å². The highest BCUT2D eigenvalue weighted by Gasteiger charge is 2.36. The molecule has 0 aliphatic heterocycles. The zero-order valence-corrected chi connectivity index (χ0v) is 12.5. The lowest BCUT2D eigenvalue weighted by Gasteiger charge is -2.18. The van der Waals surface area contributed by atoms with E-state index in [1.807, 2.05) is 0 Å². The minimum absolute atomic E-state index is 0.483. The van der Waals surface area contributed by atoms with Gasteiger partial charge in [-0.3, -0.25) is 0 Å². The van der Waals surface area contributed by atoms with Gasteiger partial charge >= 0.3 is 0 Å². The Morgan fingerprint density at radius 3 is 2.50 bits per heavy atom. The summed E-state index contributed by atoms with van der Waals surface area (Å²) in [4.78, 5) is 0. The molecular weight excluding hydrogens is 218 g/mol. The first-order valence-corrected chi connectivity index (χ1v) is 7.36. The van der Waals surface area contributed by atoms with Crippen LogP contribution in [-0.4, -0.2) is 6.04 Å². The van der Waals surface area contributed by atoms with Crippen LogP contribution in [-0.2, 0) is 0 Å². The van der Waals surface area contributed by atoms with Gasteiger partial charge in [-0.15, -0.1) is 0 Å². The van der Waals surface area contributed by atoms with Crippen LogP contribution in [0.4, 0.5) is 0 Å². The molecule has 3 atom stereocenters. The van der Waals surface area contributed by atoms with Gasteiger partial charge in [0.05, 0.1) is 0 Å². The Bertz CT molecular complexity index is 422. The quantitative estimate of drug-likeness (QED) is 0.808. The third-order valence-electron chi connectivity index (χ3n) is 4.40. The van der Waals surface area contributed by atoms with Crippen molar-refractivity contribution >= 4 is 0 Å². The standard InChI is InChI=1S/C17H27N/c1-6-7-15-10-17(15)18-14(5)16-9-12(3)11(2)8-13(16)4/h8-9,14-15,17-18H,6-7,10H2,1-5H3. The van der Waals surface area contributed by atoms with Crippen molar-refractivity contribution in [2.45, 2.75) is 66.0 Å². The summed E-state index contributed by atoms with van der Waals surface area (Å²) < 4.78 is 0. The van der Waals surface area contributed by atoms with Gasteiger partial charge in [-0.05, 0) is 68.7 Å². The predicted molar refractivity (Wildman–Crippen MR) is 79.0 cm³/mol. The zero-order valence-electron chi connectivity index (χ0n) is 12.5. The second-order valence-electron chi connectivity index (χ2n) is 6.07. The number of aryl methyl sites for hydroxylation is 3. The van der Waals surface area contributed by atoms with Crippen molar-refractivity contribution in [3.05, 3.63) is 34.4 Å². The molecule has 18 heavy (non-hydrogen) atoms. The first-order chi connectivity index (χ1) is 8.52. The van der Waals surface area contributed by atoms with Gasteiger partial charge in [0.2, 0.25) is 0 Å². The van der Waals surface area contributed by atoms with E-state index in [9.17, 15) is 0 Å². The molecule has 2 rings (SSSR count). The first kappa shape index (κ1) is 13.6. The molecule has 1 heteroatoms. The number of benzene rings is 1. The molecule has 0 heterocycles. The van der Waals surface area contributed by atoms with Crippen molar-refractivity contribution < 1.29 is 0 Å². The van der Waals surface area contributed by atoms with Gasteiger partial charge in [0, 0.05) is 12.1 Å². The smallest absolute Gasteiger partial charge is 0.0297 e. The molecule has 1 fully saturated rings. The van der Waals surface area contributed by atoms with E-state index in [1.54, 1.807) is 0 Å². The molecule has 1 nitrogen and oxygen atoms in total. The molecule has 1 aromatic carbocycles. The van der Waals surface area contributed by atoms with Gasteiger partial charge in [-0.25, -0.2) is 0 Å². The van der Waals surface area contributed by atoms with E-state index < -0.39 is 0 Å². The lowest BCUT2D eigenvalue weighted by molar-refractivity contribution is 0.528. The van der Waals surface area contributed by atoms with Gasteiger partial charge in [0.15, 0.2) is 0 Å². The summed E-state index contributed by atoms with van der Waals surface area (Å²) in [5.74, 6) is 0.935. The highest BCUT2D eigenvalue weighted by Crippen LogP contribution is 2.36. The van der Waals surface area contributed by atoms with Gasteiger partial charge in [-0.2, -0.15) is 0 Å². The first-order valence-electron chi connectivity index (χ1n) is 7.36. The van der Waals surface area contributed by atoms with Crippen molar-refractivity contribution in [3.63, 3.8) is 0 Å². The average Bonchev–Trinajstić information content (AvgIpc) is 3.02. The van der Waals surface area contributed by atoms with E-state index in [0.29, 0.717) is 6.04 Å². The minimum atomic E-state index is 0.483. The molecule has 0 amide bonds. The van der Waals surface area contributed by atoms with Gasteiger partial charge < -0.3 is 5.32 Å². The van der Waals surface area contributed by atoms with Crippen molar-refractivity contribution in [2.24, 2.45) is 5.92 Å². The number of rotatable bonds is 5.